The van der Waals surface area contributed by atoms with Crippen LogP contribution in [0.1, 0.15) is 31.2 Å². The number of nitrogens with one attached hydrogen (secondary N) is 1. The molecular formula is C17H28N2O3S. The molecule has 5 nitrogen and oxygen atoms in total. The average Bonchev–Trinajstić information content (AvgIpc) is 2.48. The zero-order chi connectivity index (χ0) is 17.0. The van der Waals surface area contributed by atoms with Crippen LogP contribution in [0.15, 0.2) is 23.1 Å². The van der Waals surface area contributed by atoms with E-state index in [0.717, 1.165) is 31.4 Å². The maximum absolute atomic E-state index is 12.9. The van der Waals surface area contributed by atoms with Gasteiger partial charge in [0.05, 0.1) is 7.11 Å². The molecular weight excluding hydrogens is 312 g/mol. The highest BCUT2D eigenvalue weighted by molar-refractivity contribution is 7.89. The van der Waals surface area contributed by atoms with Crippen LogP contribution in [0.5, 0.6) is 5.75 Å². The van der Waals surface area contributed by atoms with Crippen molar-refractivity contribution in [2.75, 3.05) is 27.7 Å². The normalized spacial score (nSPS) is 22.3. The van der Waals surface area contributed by atoms with E-state index < -0.39 is 10.0 Å². The first-order valence-electron chi connectivity index (χ1n) is 8.15. The Bertz CT molecular complexity index is 629. The average molecular weight is 340 g/mol. The molecule has 2 atom stereocenters. The van der Waals surface area contributed by atoms with Gasteiger partial charge in [0.15, 0.2) is 0 Å². The van der Waals surface area contributed by atoms with E-state index in [9.17, 15) is 8.42 Å². The Labute approximate surface area is 140 Å². The minimum absolute atomic E-state index is 0.0126. The predicted octanol–water partition coefficient (Wildman–Crippen LogP) is 2.40. The molecule has 0 spiro atoms. The molecule has 2 unspecified atom stereocenters. The zero-order valence-corrected chi connectivity index (χ0v) is 15.3. The largest absolute Gasteiger partial charge is 0.495 e. The van der Waals surface area contributed by atoms with Crippen LogP contribution in [0, 0.1) is 12.8 Å². The van der Waals surface area contributed by atoms with Gasteiger partial charge in [0, 0.05) is 12.6 Å². The third-order valence-electron chi connectivity index (χ3n) is 4.42. The van der Waals surface area contributed by atoms with Gasteiger partial charge in [-0.2, -0.15) is 0 Å². The van der Waals surface area contributed by atoms with E-state index in [1.54, 1.807) is 12.1 Å². The molecule has 2 rings (SSSR count). The third-order valence-corrected chi connectivity index (χ3v) is 5.94. The molecule has 0 aliphatic heterocycles. The van der Waals surface area contributed by atoms with E-state index in [0.29, 0.717) is 11.7 Å². The molecule has 0 amide bonds. The molecule has 0 saturated heterocycles. The van der Waals surface area contributed by atoms with Crippen LogP contribution < -0.4 is 9.46 Å². The Balaban J connectivity index is 2.24. The van der Waals surface area contributed by atoms with Gasteiger partial charge in [0.25, 0.3) is 0 Å². The second-order valence-electron chi connectivity index (χ2n) is 6.69. The monoisotopic (exact) mass is 340 g/mol. The fraction of sp³-hybridized carbons (Fsp3) is 0.647. The summed E-state index contributed by atoms with van der Waals surface area (Å²) in [7, 11) is 1.97. The van der Waals surface area contributed by atoms with Gasteiger partial charge in [-0.1, -0.05) is 18.9 Å². The van der Waals surface area contributed by atoms with E-state index in [1.165, 1.54) is 13.5 Å². The summed E-state index contributed by atoms with van der Waals surface area (Å²) in [6.45, 7) is 2.78. The maximum atomic E-state index is 12.9. The van der Waals surface area contributed by atoms with Crippen molar-refractivity contribution < 1.29 is 13.2 Å². The van der Waals surface area contributed by atoms with Gasteiger partial charge in [0.1, 0.15) is 10.6 Å². The number of benzene rings is 1. The summed E-state index contributed by atoms with van der Waals surface area (Å²) < 4.78 is 33.9. The SMILES string of the molecule is COc1ccc(C)cc1S(=O)(=O)NC1CCCCC1CN(C)C. The first-order chi connectivity index (χ1) is 10.8. The zero-order valence-electron chi connectivity index (χ0n) is 14.5. The van der Waals surface area contributed by atoms with Crippen LogP contribution in [0.25, 0.3) is 0 Å². The van der Waals surface area contributed by atoms with Gasteiger partial charge in [-0.15, -0.1) is 0 Å². The van der Waals surface area contributed by atoms with Crippen LogP contribution in [0.2, 0.25) is 0 Å². The van der Waals surface area contributed by atoms with Gasteiger partial charge in [-0.3, -0.25) is 0 Å². The van der Waals surface area contributed by atoms with Gasteiger partial charge in [-0.25, -0.2) is 13.1 Å². The van der Waals surface area contributed by atoms with Crippen LogP contribution >= 0.6 is 0 Å². The molecule has 130 valence electrons. The molecule has 1 aromatic rings. The quantitative estimate of drug-likeness (QED) is 0.864. The highest BCUT2D eigenvalue weighted by atomic mass is 32.2. The van der Waals surface area contributed by atoms with Crippen molar-refractivity contribution in [3.05, 3.63) is 23.8 Å². The topological polar surface area (TPSA) is 58.6 Å². The number of hydrogen-bond donors (Lipinski definition) is 1. The molecule has 23 heavy (non-hydrogen) atoms. The van der Waals surface area contributed by atoms with Gasteiger partial charge in [0.2, 0.25) is 10.0 Å². The molecule has 1 N–H and O–H groups in total. The van der Waals surface area contributed by atoms with Crippen molar-refractivity contribution >= 4 is 10.0 Å². The highest BCUT2D eigenvalue weighted by Gasteiger charge is 2.31. The van der Waals surface area contributed by atoms with Crippen molar-refractivity contribution in [1.82, 2.24) is 9.62 Å². The summed E-state index contributed by atoms with van der Waals surface area (Å²) >= 11 is 0. The van der Waals surface area contributed by atoms with Gasteiger partial charge in [-0.05, 0) is 57.5 Å². The standard InChI is InChI=1S/C17H28N2O3S/c1-13-9-10-16(22-4)17(11-13)23(20,21)18-15-8-6-5-7-14(15)12-19(2)3/h9-11,14-15,18H,5-8,12H2,1-4H3. The fourth-order valence-corrected chi connectivity index (χ4v) is 4.90. The van der Waals surface area contributed by atoms with Crippen molar-refractivity contribution in [2.45, 2.75) is 43.5 Å². The van der Waals surface area contributed by atoms with Crippen molar-refractivity contribution in [2.24, 2.45) is 5.92 Å². The molecule has 0 radical (unpaired) electrons. The Morgan fingerprint density at radius 3 is 2.61 bits per heavy atom. The molecule has 1 aromatic carbocycles. The number of aryl methyl sites for hydroxylation is 1. The number of ether oxygens (including phenoxy) is 1. The van der Waals surface area contributed by atoms with E-state index in [1.807, 2.05) is 27.1 Å². The maximum Gasteiger partial charge on any atom is 0.244 e. The molecule has 0 aromatic heterocycles. The highest BCUT2D eigenvalue weighted by Crippen LogP contribution is 2.29. The minimum atomic E-state index is -3.59. The number of nitrogens with zero attached hydrogens (tertiary/aromatic N) is 1. The Kier molecular flexibility index (Phi) is 6.06. The van der Waals surface area contributed by atoms with Gasteiger partial charge >= 0.3 is 0 Å². The summed E-state index contributed by atoms with van der Waals surface area (Å²) in [5.41, 5.74) is 0.902. The van der Waals surface area contributed by atoms with E-state index in [4.69, 9.17) is 4.74 Å². The summed E-state index contributed by atoms with van der Waals surface area (Å²) in [5, 5.41) is 0. The third kappa shape index (κ3) is 4.68. The Morgan fingerprint density at radius 1 is 1.26 bits per heavy atom. The van der Waals surface area contributed by atoms with Crippen LogP contribution in [0.3, 0.4) is 0 Å². The Morgan fingerprint density at radius 2 is 1.96 bits per heavy atom. The lowest BCUT2D eigenvalue weighted by molar-refractivity contribution is 0.224. The smallest absolute Gasteiger partial charge is 0.244 e. The number of rotatable bonds is 6. The van der Waals surface area contributed by atoms with Crippen molar-refractivity contribution in [3.63, 3.8) is 0 Å². The van der Waals surface area contributed by atoms with E-state index in [-0.39, 0.29) is 10.9 Å². The predicted molar refractivity (Wildman–Crippen MR) is 92.4 cm³/mol. The summed E-state index contributed by atoms with van der Waals surface area (Å²) in [6, 6.07) is 5.22. The van der Waals surface area contributed by atoms with Crippen LogP contribution in [-0.2, 0) is 10.0 Å². The first kappa shape index (κ1) is 18.2. The summed E-state index contributed by atoms with van der Waals surface area (Å²) in [4.78, 5) is 2.36. The van der Waals surface area contributed by atoms with E-state index in [2.05, 4.69) is 9.62 Å². The minimum Gasteiger partial charge on any atom is -0.495 e. The summed E-state index contributed by atoms with van der Waals surface area (Å²) in [5.74, 6) is 0.743. The molecule has 1 aliphatic carbocycles. The van der Waals surface area contributed by atoms with Crippen LogP contribution in [0.4, 0.5) is 0 Å². The number of hydrogen-bond acceptors (Lipinski definition) is 4. The molecule has 1 aliphatic rings. The molecule has 6 heteroatoms. The fourth-order valence-electron chi connectivity index (χ4n) is 3.31. The first-order valence-corrected chi connectivity index (χ1v) is 9.63. The molecule has 1 saturated carbocycles. The van der Waals surface area contributed by atoms with Crippen LogP contribution in [-0.4, -0.2) is 47.1 Å². The lowest BCUT2D eigenvalue weighted by Gasteiger charge is -2.33. The Hall–Kier alpha value is -1.11. The van der Waals surface area contributed by atoms with Crippen molar-refractivity contribution in [1.29, 1.82) is 0 Å². The number of methoxy groups -OCH3 is 1. The second-order valence-corrected chi connectivity index (χ2v) is 8.37. The lowest BCUT2D eigenvalue weighted by Crippen LogP contribution is -2.45. The summed E-state index contributed by atoms with van der Waals surface area (Å²) in [6.07, 6.45) is 4.20. The van der Waals surface area contributed by atoms with Gasteiger partial charge < -0.3 is 9.64 Å². The molecule has 0 heterocycles. The molecule has 1 fully saturated rings. The second kappa shape index (κ2) is 7.64. The lowest BCUT2D eigenvalue weighted by atomic mass is 9.85. The van der Waals surface area contributed by atoms with Crippen molar-refractivity contribution in [3.8, 4) is 5.75 Å². The number of sulfonamides is 1. The van der Waals surface area contributed by atoms with E-state index >= 15 is 0 Å². The molecule has 0 bridgehead atoms.